The molecule has 7 aromatic heterocycles. The number of amides is 2. The number of hydrogen-bond acceptors (Lipinski definition) is 21. The van der Waals surface area contributed by atoms with Gasteiger partial charge in [-0.2, -0.15) is 38.4 Å². The van der Waals surface area contributed by atoms with Gasteiger partial charge in [-0.25, -0.2) is 38.1 Å². The number of carbonyl (C=O) groups excluding carboxylic acids is 2. The van der Waals surface area contributed by atoms with E-state index >= 15 is 0 Å². The van der Waals surface area contributed by atoms with Gasteiger partial charge in [0.1, 0.15) is 51.9 Å². The number of carbonyl (C=O) groups is 2. The molecule has 2 amide bonds. The lowest BCUT2D eigenvalue weighted by atomic mass is 9.91. The van der Waals surface area contributed by atoms with Crippen LogP contribution in [0.3, 0.4) is 0 Å². The van der Waals surface area contributed by atoms with Crippen LogP contribution in [0.2, 0.25) is 0 Å². The Morgan fingerprint density at radius 1 is 0.500 bits per heavy atom. The summed E-state index contributed by atoms with van der Waals surface area (Å²) in [4.78, 5) is 64.5. The van der Waals surface area contributed by atoms with Crippen LogP contribution in [0.15, 0.2) is 123 Å². The zero-order valence-electron chi connectivity index (χ0n) is 56.2. The molecule has 3 aromatic carbocycles. The van der Waals surface area contributed by atoms with E-state index < -0.39 is 29.0 Å². The second kappa shape index (κ2) is 26.6. The molecule has 17 rings (SSSR count). The van der Waals surface area contributed by atoms with Crippen LogP contribution < -0.4 is 46.6 Å². The molecule has 33 heteroatoms. The molecule has 25 nitrogen and oxygen atoms in total. The Hall–Kier alpha value is -10.2. The number of nitrogens with zero attached hydrogens (tertiary/aromatic N) is 13. The van der Waals surface area contributed by atoms with Crippen LogP contribution in [0.25, 0.3) is 11.0 Å². The molecule has 4 aliphatic carbocycles. The SMILES string of the molecule is CC(=O)Nc1ccc(Nc2nc(Nc3cc(C)[nH]n3)cc(N3CC(F)(C4CC4)C3)n2)cc1.Cc1cc(Nc2cc(N3CC(F)(C4CC4)C3)nc(Sc3ccc(NC(=O)C4(C)CC4)cc3)n2)n[nH]1.Cc1cc(Nc2cc(N3CC(F)(C4CC4)C3)nc(Sc3ccc4nc(C(F)(F)F)[nH]c4c3)n2)n[nH]1.[HH].[HH].[HH].[HH].[HH].[HH].[HH]. The van der Waals surface area contributed by atoms with Gasteiger partial charge in [0.15, 0.2) is 27.8 Å². The Kier molecular flexibility index (Phi) is 17.7. The number of benzene rings is 3. The minimum atomic E-state index is -4.56. The predicted octanol–water partition coefficient (Wildman–Crippen LogP) is 15.9. The van der Waals surface area contributed by atoms with E-state index in [0.29, 0.717) is 105 Å². The van der Waals surface area contributed by atoms with Crippen LogP contribution >= 0.6 is 23.5 Å². The summed E-state index contributed by atoms with van der Waals surface area (Å²) in [7, 11) is 0. The van der Waals surface area contributed by atoms with Crippen LogP contribution in [0.4, 0.5) is 102 Å². The molecule has 10 heterocycles. The largest absolute Gasteiger partial charge is 0.449 e. The summed E-state index contributed by atoms with van der Waals surface area (Å²) < 4.78 is 83.8. The van der Waals surface area contributed by atoms with Crippen molar-refractivity contribution in [2.24, 2.45) is 23.2 Å². The highest BCUT2D eigenvalue weighted by Crippen LogP contribution is 2.51. The fourth-order valence-electron chi connectivity index (χ4n) is 12.4. The highest BCUT2D eigenvalue weighted by Gasteiger charge is 2.57. The molecule has 7 aliphatic rings. The molecule has 4 saturated carbocycles. The maximum atomic E-state index is 15.0. The summed E-state index contributed by atoms with van der Waals surface area (Å²) in [6.07, 6.45) is 3.08. The third-order valence-electron chi connectivity index (χ3n) is 18.9. The number of anilines is 13. The summed E-state index contributed by atoms with van der Waals surface area (Å²) >= 11 is 2.62. The number of H-pyrrole nitrogens is 4. The first-order chi connectivity index (χ1) is 48.8. The van der Waals surface area contributed by atoms with Gasteiger partial charge in [0, 0.05) is 103 Å². The Labute approximate surface area is 600 Å². The third kappa shape index (κ3) is 15.8. The lowest BCUT2D eigenvalue weighted by molar-refractivity contribution is -0.144. The number of fused-ring (bicyclic) bond motifs is 1. The second-order valence-corrected chi connectivity index (χ2v) is 29.9. The summed E-state index contributed by atoms with van der Waals surface area (Å²) in [6.45, 7) is 11.2. The molecule has 544 valence electrons. The van der Waals surface area contributed by atoms with Crippen LogP contribution in [0.5, 0.6) is 0 Å². The minimum absolute atomic E-state index is 0. The monoisotopic (exact) mass is 1450 g/mol. The molecule has 102 heavy (non-hydrogen) atoms. The number of aromatic amines is 4. The molecule has 3 saturated heterocycles. The number of imidazole rings is 1. The van der Waals surface area contributed by atoms with Crippen molar-refractivity contribution in [1.29, 1.82) is 0 Å². The molecule has 3 aliphatic heterocycles. The number of aryl methyl sites for hydroxylation is 3. The summed E-state index contributed by atoms with van der Waals surface area (Å²) in [5.41, 5.74) is 1.86. The third-order valence-corrected chi connectivity index (χ3v) is 20.6. The number of nitrogens with one attached hydrogen (secondary N) is 10. The Morgan fingerprint density at radius 3 is 1.33 bits per heavy atom. The van der Waals surface area contributed by atoms with E-state index in [-0.39, 0.29) is 69.1 Å². The van der Waals surface area contributed by atoms with Crippen molar-refractivity contribution in [1.82, 2.24) is 70.5 Å². The lowest BCUT2D eigenvalue weighted by Crippen LogP contribution is -2.60. The Bertz CT molecular complexity index is 4780. The topological polar surface area (TPSA) is 308 Å². The molecule has 10 N–H and O–H groups in total. The van der Waals surface area contributed by atoms with E-state index in [9.17, 15) is 35.9 Å². The Morgan fingerprint density at radius 2 is 0.912 bits per heavy atom. The van der Waals surface area contributed by atoms with Crippen LogP contribution in [0.1, 0.15) is 98.1 Å². The molecular formula is C69H87F6N23O2S2. The fraction of sp³-hybridized carbons (Fsp3) is 0.391. The predicted molar refractivity (Wildman–Crippen MR) is 393 cm³/mol. The van der Waals surface area contributed by atoms with Crippen molar-refractivity contribution in [3.63, 3.8) is 0 Å². The van der Waals surface area contributed by atoms with Crippen molar-refractivity contribution in [3.05, 3.63) is 126 Å². The smallest absolute Gasteiger partial charge is 0.350 e. The average Bonchev–Trinajstić information content (AvgIpc) is 1.73. The molecule has 0 unspecified atom stereocenters. The van der Waals surface area contributed by atoms with Gasteiger partial charge >= 0.3 is 6.18 Å². The van der Waals surface area contributed by atoms with Crippen LogP contribution in [-0.2, 0) is 15.8 Å². The molecule has 10 aromatic rings. The van der Waals surface area contributed by atoms with Crippen molar-refractivity contribution in [2.45, 2.75) is 129 Å². The first kappa shape index (κ1) is 67.6. The van der Waals surface area contributed by atoms with Crippen molar-refractivity contribution in [3.8, 4) is 0 Å². The van der Waals surface area contributed by atoms with Crippen molar-refractivity contribution in [2.75, 3.05) is 85.9 Å². The quantitative estimate of drug-likeness (QED) is 0.0236. The van der Waals surface area contributed by atoms with Gasteiger partial charge in [-0.3, -0.25) is 24.9 Å². The van der Waals surface area contributed by atoms with Gasteiger partial charge in [-0.1, -0.05) is 6.92 Å². The molecule has 0 atom stereocenters. The molecule has 0 bridgehead atoms. The highest BCUT2D eigenvalue weighted by molar-refractivity contribution is 7.99. The van der Waals surface area contributed by atoms with Gasteiger partial charge in [0.25, 0.3) is 0 Å². The van der Waals surface area contributed by atoms with E-state index in [0.717, 1.165) is 84.7 Å². The summed E-state index contributed by atoms with van der Waals surface area (Å²) in [5.74, 6) is 5.23. The normalized spacial score (nSPS) is 18.1. The highest BCUT2D eigenvalue weighted by atomic mass is 32.2. The number of halogens is 6. The van der Waals surface area contributed by atoms with Gasteiger partial charge in [0.2, 0.25) is 23.6 Å². The van der Waals surface area contributed by atoms with Gasteiger partial charge in [-0.15, -0.1) is 0 Å². The van der Waals surface area contributed by atoms with Crippen LogP contribution in [-0.4, -0.2) is 139 Å². The zero-order valence-corrected chi connectivity index (χ0v) is 57.8. The summed E-state index contributed by atoms with van der Waals surface area (Å²) in [5, 5.41) is 40.6. The second-order valence-electron chi connectivity index (χ2n) is 27.8. The minimum Gasteiger partial charge on any atom is -0.350 e. The Balaban J connectivity index is 0.000000200. The molecule has 7 fully saturated rings. The van der Waals surface area contributed by atoms with E-state index in [1.165, 1.54) is 36.5 Å². The molecule has 0 radical (unpaired) electrons. The summed E-state index contributed by atoms with van der Waals surface area (Å²) in [6, 6.07) is 30.7. The van der Waals surface area contributed by atoms with E-state index in [1.54, 1.807) is 30.3 Å². The van der Waals surface area contributed by atoms with E-state index in [1.807, 2.05) is 109 Å². The fourth-order valence-corrected chi connectivity index (χ4v) is 14.0. The van der Waals surface area contributed by atoms with Gasteiger partial charge in [-0.05, 0) is 180 Å². The maximum absolute atomic E-state index is 15.0. The van der Waals surface area contributed by atoms with Gasteiger partial charge in [0.05, 0.1) is 50.3 Å². The number of alkyl halides is 6. The molecular weight excluding hydrogens is 1360 g/mol. The van der Waals surface area contributed by atoms with Gasteiger partial charge < -0.3 is 51.6 Å². The number of rotatable bonds is 21. The van der Waals surface area contributed by atoms with Crippen molar-refractivity contribution < 1.29 is 45.9 Å². The van der Waals surface area contributed by atoms with Crippen molar-refractivity contribution >= 4 is 122 Å². The standard InChI is InChI=1S/C25H28FN7OS.C22H20F4N8S.C22H25FN8O.7H2/c1-15-11-20(32-31-15)28-19-12-21(33-13-25(26,14-33)16-3-4-16)30-23(29-19)35-18-7-5-17(6-8-18)27-22(34)24(2)9-10-24;1-11-6-17(33-32-11)29-16-8-18(34-9-21(23,10-34)12-2-3-12)31-20(30-16)35-13-4-5-14-15(7-13)28-19(27-14)22(24,25)26;1-13-9-19(30-29-13)26-18-10-20(31-11-22(23,12-31)15-3-4-15)28-21(27-18)25-17-7-5-16(6-8-17)24-14(2)32;;;;;;;/h5-8,11-12,16H,3-4,9-10,13-14H2,1-2H3,(H,27,34)(H2,28,29,30,31,32);4-8,12H,2-3,9-10H2,1H3,(H,27,28)(H2,29,30,31,32,33);5-10,15H,3-4,11-12H2,1-2H3,(H,24,32)(H3,25,26,27,28,29,30);7*1H. The maximum Gasteiger partial charge on any atom is 0.449 e. The first-order valence-corrected chi connectivity index (χ1v) is 35.3. The number of aromatic nitrogens is 14. The first-order valence-electron chi connectivity index (χ1n) is 33.6. The lowest BCUT2D eigenvalue weighted by Gasteiger charge is -2.45. The number of hydrogen-bond donors (Lipinski definition) is 10. The van der Waals surface area contributed by atoms with Crippen LogP contribution in [0, 0.1) is 43.9 Å². The zero-order chi connectivity index (χ0) is 70.9. The molecule has 0 spiro atoms. The average molecular weight is 1450 g/mol. The van der Waals surface area contributed by atoms with E-state index in [4.69, 9.17) is 4.98 Å². The van der Waals surface area contributed by atoms with E-state index in [2.05, 4.69) is 97.4 Å².